The number of hydrogen-bond donors (Lipinski definition) is 1. The number of imide groups is 1. The largest absolute Gasteiger partial charge is 0.481 e. The van der Waals surface area contributed by atoms with Crippen LogP contribution in [0.2, 0.25) is 5.02 Å². The van der Waals surface area contributed by atoms with E-state index in [1.807, 2.05) is 38.1 Å². The molecule has 1 aliphatic carbocycles. The minimum Gasteiger partial charge on any atom is -0.481 e. The molecule has 7 heteroatoms. The van der Waals surface area contributed by atoms with Crippen molar-refractivity contribution in [1.29, 1.82) is 0 Å². The summed E-state index contributed by atoms with van der Waals surface area (Å²) in [4.78, 5) is 50.8. The molecule has 1 heterocycles. The van der Waals surface area contributed by atoms with Gasteiger partial charge in [0.25, 0.3) is 11.8 Å². The quantitative estimate of drug-likeness (QED) is 0.249. The van der Waals surface area contributed by atoms with E-state index < -0.39 is 23.7 Å². The fourth-order valence-corrected chi connectivity index (χ4v) is 4.22. The van der Waals surface area contributed by atoms with Gasteiger partial charge in [0.05, 0.1) is 17.1 Å². The number of carbonyl (C=O) groups is 4. The van der Waals surface area contributed by atoms with Crippen molar-refractivity contribution in [3.8, 4) is 11.1 Å². The molecule has 2 aromatic rings. The van der Waals surface area contributed by atoms with Crippen LogP contribution >= 0.6 is 11.6 Å². The molecule has 2 aromatic carbocycles. The fraction of sp³-hybridized carbons (Fsp3) is 0.233. The highest BCUT2D eigenvalue weighted by molar-refractivity contribution is 6.30. The Kier molecular flexibility index (Phi) is 9.56. The molecule has 190 valence electrons. The lowest BCUT2D eigenvalue weighted by molar-refractivity contribution is -0.141. The third-order valence-electron chi connectivity index (χ3n) is 6.02. The molecule has 1 N–H and O–H groups in total. The average molecular weight is 518 g/mol. The molecular formula is C30H28ClNO5. The highest BCUT2D eigenvalue weighted by Crippen LogP contribution is 2.26. The highest BCUT2D eigenvalue weighted by atomic mass is 35.5. The lowest BCUT2D eigenvalue weighted by Crippen LogP contribution is -2.33. The van der Waals surface area contributed by atoms with Gasteiger partial charge in [0.15, 0.2) is 5.78 Å². The third-order valence-corrected chi connectivity index (χ3v) is 6.28. The Bertz CT molecular complexity index is 1310. The molecule has 0 radical (unpaired) electrons. The van der Waals surface area contributed by atoms with Gasteiger partial charge in [-0.3, -0.25) is 24.1 Å². The molecule has 1 aliphatic heterocycles. The van der Waals surface area contributed by atoms with Crippen LogP contribution in [0.3, 0.4) is 0 Å². The van der Waals surface area contributed by atoms with Crippen LogP contribution in [0.4, 0.5) is 0 Å². The van der Waals surface area contributed by atoms with Crippen molar-refractivity contribution in [3.63, 3.8) is 0 Å². The predicted molar refractivity (Wildman–Crippen MR) is 143 cm³/mol. The van der Waals surface area contributed by atoms with Crippen LogP contribution in [0.15, 0.2) is 89.7 Å². The smallest absolute Gasteiger partial charge is 0.306 e. The summed E-state index contributed by atoms with van der Waals surface area (Å²) in [5.41, 5.74) is 5.71. The van der Waals surface area contributed by atoms with Crippen molar-refractivity contribution in [1.82, 2.24) is 4.90 Å². The highest BCUT2D eigenvalue weighted by Gasteiger charge is 2.35. The summed E-state index contributed by atoms with van der Waals surface area (Å²) >= 11 is 5.92. The second-order valence-electron chi connectivity index (χ2n) is 8.32. The first-order chi connectivity index (χ1) is 17.8. The minimum atomic E-state index is -1.08. The molecule has 2 amide bonds. The first-order valence-electron chi connectivity index (χ1n) is 12.2. The van der Waals surface area contributed by atoms with Gasteiger partial charge in [-0.1, -0.05) is 67.9 Å². The summed E-state index contributed by atoms with van der Waals surface area (Å²) in [7, 11) is 0. The van der Waals surface area contributed by atoms with Crippen LogP contribution in [0, 0.1) is 5.92 Å². The number of halogens is 1. The SMILES string of the molecule is CC.O=C(CC(CCCN1C(=O)C2=C(C=CC=C=C2)C1=O)C(=O)O)c1ccc(-c2ccc(Cl)cc2)cc1. The zero-order valence-corrected chi connectivity index (χ0v) is 21.5. The number of amides is 2. The van der Waals surface area contributed by atoms with E-state index >= 15 is 0 Å². The number of nitrogens with zero attached hydrogens (tertiary/aromatic N) is 1. The molecule has 1 atom stereocenters. The van der Waals surface area contributed by atoms with E-state index in [0.717, 1.165) is 16.0 Å². The standard InChI is InChI=1S/C28H22ClNO5.C2H6/c29-22-14-12-19(13-15-22)18-8-10-20(11-9-18)25(31)17-21(28(34)35)5-4-16-30-26(32)23-6-2-1-3-7-24(23)27(30)33;1-2/h1-2,6-15,21H,4-5,16-17H2,(H,34,35);1-2H3. The van der Waals surface area contributed by atoms with Crippen LogP contribution in [-0.4, -0.2) is 40.1 Å². The third kappa shape index (κ3) is 6.62. The number of carboxylic acid groups (broad SMARTS) is 1. The molecule has 2 aliphatic rings. The fourth-order valence-electron chi connectivity index (χ4n) is 4.09. The van der Waals surface area contributed by atoms with Crippen molar-refractivity contribution in [2.24, 2.45) is 5.92 Å². The number of allylic oxidation sites excluding steroid dienone is 1. The molecule has 0 saturated carbocycles. The predicted octanol–water partition coefficient (Wildman–Crippen LogP) is 6.03. The monoisotopic (exact) mass is 517 g/mol. The van der Waals surface area contributed by atoms with E-state index in [-0.39, 0.29) is 37.2 Å². The Hall–Kier alpha value is -3.99. The Balaban J connectivity index is 0.00000186. The Morgan fingerprint density at radius 1 is 0.946 bits per heavy atom. The molecule has 37 heavy (non-hydrogen) atoms. The second-order valence-corrected chi connectivity index (χ2v) is 8.75. The molecule has 0 bridgehead atoms. The number of ketones is 1. The maximum atomic E-state index is 12.8. The topological polar surface area (TPSA) is 91.8 Å². The zero-order chi connectivity index (χ0) is 26.9. The first-order valence-corrected chi connectivity index (χ1v) is 12.5. The van der Waals surface area contributed by atoms with Crippen LogP contribution in [-0.2, 0) is 14.4 Å². The summed E-state index contributed by atoms with van der Waals surface area (Å²) in [5.74, 6) is -3.09. The van der Waals surface area contributed by atoms with Gasteiger partial charge in [0.1, 0.15) is 0 Å². The maximum Gasteiger partial charge on any atom is 0.306 e. The number of Topliss-reactive ketones (excluding diaryl/α,β-unsaturated/α-hetero) is 1. The number of rotatable bonds is 9. The summed E-state index contributed by atoms with van der Waals surface area (Å²) in [5, 5.41) is 10.3. The second kappa shape index (κ2) is 12.8. The number of aliphatic carboxylic acids is 1. The van der Waals surface area contributed by atoms with Gasteiger partial charge in [0.2, 0.25) is 0 Å². The number of hydrogen-bond acceptors (Lipinski definition) is 4. The van der Waals surface area contributed by atoms with E-state index in [9.17, 15) is 24.3 Å². The van der Waals surface area contributed by atoms with Crippen molar-refractivity contribution in [3.05, 3.63) is 100 Å². The van der Waals surface area contributed by atoms with Gasteiger partial charge >= 0.3 is 5.97 Å². The molecule has 0 spiro atoms. The summed E-state index contributed by atoms with van der Waals surface area (Å²) < 4.78 is 0. The Morgan fingerprint density at radius 3 is 2.16 bits per heavy atom. The summed E-state index contributed by atoms with van der Waals surface area (Å²) in [6.07, 6.45) is 6.58. The van der Waals surface area contributed by atoms with E-state index in [1.54, 1.807) is 42.5 Å². The van der Waals surface area contributed by atoms with Gasteiger partial charge in [-0.15, -0.1) is 5.73 Å². The normalized spacial score (nSPS) is 14.7. The van der Waals surface area contributed by atoms with Gasteiger partial charge in [-0.05, 0) is 54.3 Å². The van der Waals surface area contributed by atoms with Gasteiger partial charge in [-0.2, -0.15) is 0 Å². The number of carboxylic acids is 1. The molecule has 6 nitrogen and oxygen atoms in total. The van der Waals surface area contributed by atoms with Crippen LogP contribution in [0.1, 0.15) is 43.5 Å². The molecule has 0 aromatic heterocycles. The van der Waals surface area contributed by atoms with Crippen LogP contribution in [0.25, 0.3) is 11.1 Å². The van der Waals surface area contributed by atoms with Crippen molar-refractivity contribution < 1.29 is 24.3 Å². The lowest BCUT2D eigenvalue weighted by Gasteiger charge is -2.17. The van der Waals surface area contributed by atoms with E-state index in [4.69, 9.17) is 11.6 Å². The van der Waals surface area contributed by atoms with Crippen LogP contribution in [0.5, 0.6) is 0 Å². The number of carbonyl (C=O) groups excluding carboxylic acids is 3. The van der Waals surface area contributed by atoms with E-state index in [0.29, 0.717) is 16.2 Å². The summed E-state index contributed by atoms with van der Waals surface area (Å²) in [6.45, 7) is 4.09. The lowest BCUT2D eigenvalue weighted by atomic mass is 9.93. The average Bonchev–Trinajstić information content (AvgIpc) is 3.06. The van der Waals surface area contributed by atoms with Crippen molar-refractivity contribution in [2.45, 2.75) is 33.1 Å². The molecule has 0 fully saturated rings. The minimum absolute atomic E-state index is 0.0871. The van der Waals surface area contributed by atoms with Crippen molar-refractivity contribution >= 4 is 35.2 Å². The molecular weight excluding hydrogens is 490 g/mol. The number of benzene rings is 2. The van der Waals surface area contributed by atoms with Gasteiger partial charge < -0.3 is 5.11 Å². The molecule has 4 rings (SSSR count). The van der Waals surface area contributed by atoms with Crippen LogP contribution < -0.4 is 0 Å². The first kappa shape index (κ1) is 27.6. The van der Waals surface area contributed by atoms with Crippen molar-refractivity contribution in [2.75, 3.05) is 6.54 Å². The molecule has 0 saturated heterocycles. The van der Waals surface area contributed by atoms with Gasteiger partial charge in [-0.25, -0.2) is 0 Å². The zero-order valence-electron chi connectivity index (χ0n) is 20.7. The van der Waals surface area contributed by atoms with E-state index in [1.165, 1.54) is 6.08 Å². The Labute approximate surface area is 221 Å². The summed E-state index contributed by atoms with van der Waals surface area (Å²) in [6, 6.07) is 14.3. The Morgan fingerprint density at radius 2 is 1.54 bits per heavy atom. The molecule has 1 unspecified atom stereocenters. The maximum absolute atomic E-state index is 12.8. The van der Waals surface area contributed by atoms with E-state index in [2.05, 4.69) is 5.73 Å². The van der Waals surface area contributed by atoms with Gasteiger partial charge in [0, 0.05) is 23.6 Å².